The first-order valence-corrected chi connectivity index (χ1v) is 17.9. The second-order valence-electron chi connectivity index (χ2n) is 12.6. The topological polar surface area (TPSA) is 95.5 Å². The van der Waals surface area contributed by atoms with E-state index in [0.29, 0.717) is 5.75 Å². The van der Waals surface area contributed by atoms with Gasteiger partial charge in [0.25, 0.3) is 0 Å². The van der Waals surface area contributed by atoms with Gasteiger partial charge in [0.2, 0.25) is 0 Å². The Morgan fingerprint density at radius 3 is 2.16 bits per heavy atom. The fourth-order valence-electron chi connectivity index (χ4n) is 6.72. The molecule has 3 aromatic carbocycles. The summed E-state index contributed by atoms with van der Waals surface area (Å²) in [4.78, 5) is 22.7. The van der Waals surface area contributed by atoms with Gasteiger partial charge < -0.3 is 19.3 Å². The normalized spacial score (nSPS) is 19.5. The minimum atomic E-state index is -1.17. The van der Waals surface area contributed by atoms with Crippen molar-refractivity contribution in [3.05, 3.63) is 113 Å². The summed E-state index contributed by atoms with van der Waals surface area (Å²) in [6, 6.07) is 20.2. The van der Waals surface area contributed by atoms with E-state index in [2.05, 4.69) is 75.2 Å². The minimum absolute atomic E-state index is 0.0971. The summed E-state index contributed by atoms with van der Waals surface area (Å²) in [5, 5.41) is 8.52. The Balaban J connectivity index is 0.924. The van der Waals surface area contributed by atoms with Gasteiger partial charge in [-0.2, -0.15) is 10.2 Å². The highest BCUT2D eigenvalue weighted by atomic mass is 32.2. The summed E-state index contributed by atoms with van der Waals surface area (Å²) < 4.78 is 45.7. The van der Waals surface area contributed by atoms with E-state index >= 15 is 0 Å². The van der Waals surface area contributed by atoms with Crippen molar-refractivity contribution in [3.63, 3.8) is 0 Å². The maximum Gasteiger partial charge on any atom is 0.350 e. The van der Waals surface area contributed by atoms with Crippen molar-refractivity contribution in [3.8, 4) is 5.69 Å². The zero-order chi connectivity index (χ0) is 34.7. The summed E-state index contributed by atoms with van der Waals surface area (Å²) in [5.41, 5.74) is 2.05. The Kier molecular flexibility index (Phi) is 10.0. The average Bonchev–Trinajstić information content (AvgIpc) is 3.90. The quantitative estimate of drug-likeness (QED) is 0.153. The zero-order valence-electron chi connectivity index (χ0n) is 28.1. The molecule has 5 aromatic rings. The maximum atomic E-state index is 14.9. The lowest BCUT2D eigenvalue weighted by Gasteiger charge is -2.37. The van der Waals surface area contributed by atoms with E-state index in [1.807, 2.05) is 12.1 Å². The lowest BCUT2D eigenvalue weighted by Crippen LogP contribution is -2.46. The molecule has 2 atom stereocenters. The van der Waals surface area contributed by atoms with Gasteiger partial charge >= 0.3 is 5.69 Å². The van der Waals surface area contributed by atoms with E-state index < -0.39 is 23.5 Å². The number of aromatic nitrogens is 6. The maximum absolute atomic E-state index is 14.9. The summed E-state index contributed by atoms with van der Waals surface area (Å²) in [5.74, 6) is -0.847. The summed E-state index contributed by atoms with van der Waals surface area (Å²) in [7, 11) is 0. The Labute approximate surface area is 293 Å². The van der Waals surface area contributed by atoms with Crippen molar-refractivity contribution >= 4 is 23.1 Å². The lowest BCUT2D eigenvalue weighted by molar-refractivity contribution is -0.0848. The van der Waals surface area contributed by atoms with Gasteiger partial charge in [-0.25, -0.2) is 32.5 Å². The molecule has 0 radical (unpaired) electrons. The van der Waals surface area contributed by atoms with Crippen molar-refractivity contribution in [2.45, 2.75) is 56.1 Å². The summed E-state index contributed by atoms with van der Waals surface area (Å²) >= 11 is 1.59. The number of anilines is 2. The van der Waals surface area contributed by atoms with Gasteiger partial charge in [0, 0.05) is 59.8 Å². The lowest BCUT2D eigenvalue weighted by atomic mass is 9.94. The number of halogens is 2. The molecule has 4 heterocycles. The predicted octanol–water partition coefficient (Wildman–Crippen LogP) is 5.65. The number of thioether (sulfide) groups is 1. The molecule has 0 saturated carbocycles. The van der Waals surface area contributed by atoms with Crippen LogP contribution in [0.1, 0.15) is 38.3 Å². The van der Waals surface area contributed by atoms with Crippen molar-refractivity contribution in [1.29, 1.82) is 0 Å². The van der Waals surface area contributed by atoms with Crippen molar-refractivity contribution < 1.29 is 18.3 Å². The second-order valence-corrected chi connectivity index (χ2v) is 13.7. The van der Waals surface area contributed by atoms with Crippen LogP contribution < -0.4 is 15.5 Å². The molecule has 0 amide bonds. The van der Waals surface area contributed by atoms with Gasteiger partial charge in [-0.05, 0) is 67.4 Å². The molecular formula is C36H40F2N8O3S. The fourth-order valence-corrected chi connectivity index (χ4v) is 7.54. The van der Waals surface area contributed by atoms with E-state index in [0.717, 1.165) is 67.0 Å². The molecule has 0 bridgehead atoms. The van der Waals surface area contributed by atoms with E-state index in [-0.39, 0.29) is 30.4 Å². The van der Waals surface area contributed by atoms with E-state index in [1.54, 1.807) is 32.0 Å². The zero-order valence-corrected chi connectivity index (χ0v) is 28.9. The van der Waals surface area contributed by atoms with Crippen LogP contribution in [0.4, 0.5) is 20.2 Å². The third-order valence-corrected chi connectivity index (χ3v) is 10.6. The molecule has 11 nitrogen and oxygen atoms in total. The van der Waals surface area contributed by atoms with E-state index in [4.69, 9.17) is 9.47 Å². The molecule has 262 valence electrons. The summed E-state index contributed by atoms with van der Waals surface area (Å²) in [6.07, 6.45) is 5.68. The molecular weight excluding hydrogens is 663 g/mol. The Bertz CT molecular complexity index is 1920. The van der Waals surface area contributed by atoms with Crippen LogP contribution in [0.3, 0.4) is 0 Å². The van der Waals surface area contributed by atoms with Crippen molar-refractivity contribution in [2.75, 3.05) is 48.3 Å². The number of benzene rings is 3. The first kappa shape index (κ1) is 33.9. The van der Waals surface area contributed by atoms with Crippen LogP contribution in [-0.2, 0) is 21.6 Å². The van der Waals surface area contributed by atoms with Gasteiger partial charge in [-0.3, -0.25) is 0 Å². The Hall–Kier alpha value is -4.53. The first-order valence-electron chi connectivity index (χ1n) is 16.9. The number of rotatable bonds is 12. The number of hydrogen-bond acceptors (Lipinski definition) is 9. The molecule has 50 heavy (non-hydrogen) atoms. The van der Waals surface area contributed by atoms with Gasteiger partial charge in [-0.1, -0.05) is 19.9 Å². The third-order valence-electron chi connectivity index (χ3n) is 9.51. The monoisotopic (exact) mass is 702 g/mol. The van der Waals surface area contributed by atoms with Crippen LogP contribution in [0.25, 0.3) is 5.69 Å². The fraction of sp³-hybridized carbons (Fsp3) is 0.389. The molecule has 2 aromatic heterocycles. The Morgan fingerprint density at radius 1 is 0.880 bits per heavy atom. The average molecular weight is 703 g/mol. The number of hydrogen-bond donors (Lipinski definition) is 0. The van der Waals surface area contributed by atoms with Gasteiger partial charge in [0.05, 0.1) is 24.9 Å². The molecule has 0 spiro atoms. The molecule has 2 saturated heterocycles. The van der Waals surface area contributed by atoms with Crippen LogP contribution in [0.2, 0.25) is 0 Å². The standard InChI is InChI=1S/C36H40F2N8O3S/c1-3-27(4-2)46-35(47)45(25-41-46)30-8-6-28(7-9-30)42-15-17-43(18-16-42)29-10-12-31(13-11-29)50-20-34-48-22-36(49-34,21-44-24-39-23-40-44)32-14-5-26(37)19-33(32)38/h5-14,19,23-25,27,34H,3-4,15-18,20-22H2,1-2H3. The van der Waals surface area contributed by atoms with E-state index in [1.165, 1.54) is 24.8 Å². The molecule has 2 fully saturated rings. The second kappa shape index (κ2) is 14.8. The molecule has 2 aliphatic rings. The molecule has 2 unspecified atom stereocenters. The van der Waals surface area contributed by atoms with Crippen LogP contribution in [0.5, 0.6) is 0 Å². The minimum Gasteiger partial charge on any atom is -0.368 e. The van der Waals surface area contributed by atoms with Gasteiger partial charge in [0.15, 0.2) is 6.29 Å². The molecule has 2 aliphatic heterocycles. The summed E-state index contributed by atoms with van der Waals surface area (Å²) in [6.45, 7) is 7.94. The highest BCUT2D eigenvalue weighted by molar-refractivity contribution is 7.99. The molecule has 7 rings (SSSR count). The van der Waals surface area contributed by atoms with Crippen molar-refractivity contribution in [2.24, 2.45) is 0 Å². The van der Waals surface area contributed by atoms with Crippen LogP contribution in [0, 0.1) is 11.6 Å². The largest absolute Gasteiger partial charge is 0.368 e. The molecule has 14 heteroatoms. The first-order chi connectivity index (χ1) is 24.4. The number of piperazine rings is 1. The SMILES string of the molecule is CCC(CC)n1ncn(-c2ccc(N3CCN(c4ccc(SCC5OCC(Cn6cncn6)(c6ccc(F)cc6F)O5)cc4)CC3)cc2)c1=O. The highest BCUT2D eigenvalue weighted by Crippen LogP contribution is 2.38. The highest BCUT2D eigenvalue weighted by Gasteiger charge is 2.45. The van der Waals surface area contributed by atoms with E-state index in [9.17, 15) is 13.6 Å². The van der Waals surface area contributed by atoms with Crippen LogP contribution >= 0.6 is 11.8 Å². The third kappa shape index (κ3) is 7.05. The molecule has 0 N–H and O–H groups in total. The Morgan fingerprint density at radius 2 is 1.54 bits per heavy atom. The predicted molar refractivity (Wildman–Crippen MR) is 188 cm³/mol. The van der Waals surface area contributed by atoms with Gasteiger partial charge in [0.1, 0.15) is 36.2 Å². The van der Waals surface area contributed by atoms with Crippen LogP contribution in [0.15, 0.2) is 95.4 Å². The van der Waals surface area contributed by atoms with Crippen molar-refractivity contribution in [1.82, 2.24) is 29.1 Å². The van der Waals surface area contributed by atoms with Crippen LogP contribution in [-0.4, -0.2) is 73.9 Å². The molecule has 0 aliphatic carbocycles. The number of nitrogens with zero attached hydrogens (tertiary/aromatic N) is 8. The number of ether oxygens (including phenoxy) is 2. The van der Waals surface area contributed by atoms with Gasteiger partial charge in [-0.15, -0.1) is 11.8 Å². The smallest absolute Gasteiger partial charge is 0.350 e.